The lowest BCUT2D eigenvalue weighted by Gasteiger charge is -2.30. The van der Waals surface area contributed by atoms with E-state index in [1.807, 2.05) is 4.90 Å². The van der Waals surface area contributed by atoms with Crippen molar-refractivity contribution in [3.05, 3.63) is 18.0 Å². The van der Waals surface area contributed by atoms with E-state index in [9.17, 15) is 4.79 Å². The maximum atomic E-state index is 12.4. The maximum Gasteiger partial charge on any atom is 0.272 e. The van der Waals surface area contributed by atoms with Crippen LogP contribution in [0.1, 0.15) is 37.2 Å². The fourth-order valence-corrected chi connectivity index (χ4v) is 2.05. The van der Waals surface area contributed by atoms with E-state index in [-0.39, 0.29) is 11.9 Å². The van der Waals surface area contributed by atoms with E-state index in [0.717, 1.165) is 12.8 Å². The molecule has 0 radical (unpaired) electrons. The van der Waals surface area contributed by atoms with Gasteiger partial charge in [0.2, 0.25) is 0 Å². The van der Waals surface area contributed by atoms with Gasteiger partial charge in [-0.05, 0) is 18.9 Å². The highest BCUT2D eigenvalue weighted by atomic mass is 16.2. The Kier molecular flexibility index (Phi) is 5.15. The lowest BCUT2D eigenvalue weighted by molar-refractivity contribution is 0.0663. The van der Waals surface area contributed by atoms with Crippen LogP contribution in [-0.2, 0) is 7.05 Å². The molecule has 1 rings (SSSR count). The van der Waals surface area contributed by atoms with Gasteiger partial charge in [-0.1, -0.05) is 13.8 Å². The quantitative estimate of drug-likeness (QED) is 0.804. The van der Waals surface area contributed by atoms with E-state index < -0.39 is 0 Å². The molecule has 17 heavy (non-hydrogen) atoms. The van der Waals surface area contributed by atoms with Crippen molar-refractivity contribution in [3.63, 3.8) is 0 Å². The molecule has 0 saturated carbocycles. The van der Waals surface area contributed by atoms with Crippen LogP contribution in [0.2, 0.25) is 0 Å². The molecule has 0 bridgehead atoms. The molecule has 0 atom stereocenters. The Morgan fingerprint density at radius 2 is 2.18 bits per heavy atom. The van der Waals surface area contributed by atoms with Gasteiger partial charge in [0.25, 0.3) is 5.91 Å². The molecule has 0 unspecified atom stereocenters. The first-order valence-corrected chi connectivity index (χ1v) is 6.14. The van der Waals surface area contributed by atoms with Crippen molar-refractivity contribution in [1.29, 1.82) is 0 Å². The second-order valence-corrected chi connectivity index (χ2v) is 4.10. The third kappa shape index (κ3) is 3.06. The first kappa shape index (κ1) is 13.7. The minimum atomic E-state index is 0.0177. The number of carbonyl (C=O) groups excluding carboxylic acids is 1. The Labute approximate surface area is 103 Å². The molecular formula is C12H22N4O. The standard InChI is InChI=1S/C12H22N4O/c1-4-10(5-2)16(9-7-13)12(17)11-6-8-14-15(11)3/h6,8,10H,4-5,7,9,13H2,1-3H3. The van der Waals surface area contributed by atoms with Gasteiger partial charge in [-0.15, -0.1) is 0 Å². The number of hydrogen-bond donors (Lipinski definition) is 1. The fraction of sp³-hybridized carbons (Fsp3) is 0.667. The van der Waals surface area contributed by atoms with Crippen LogP contribution in [0.4, 0.5) is 0 Å². The van der Waals surface area contributed by atoms with Crippen LogP contribution in [0.3, 0.4) is 0 Å². The second kappa shape index (κ2) is 6.39. The summed E-state index contributed by atoms with van der Waals surface area (Å²) in [4.78, 5) is 14.2. The van der Waals surface area contributed by atoms with E-state index >= 15 is 0 Å². The summed E-state index contributed by atoms with van der Waals surface area (Å²) in [6, 6.07) is 2.00. The molecule has 1 amide bonds. The largest absolute Gasteiger partial charge is 0.333 e. The average molecular weight is 238 g/mol. The summed E-state index contributed by atoms with van der Waals surface area (Å²) in [5.74, 6) is 0.0177. The number of nitrogens with two attached hydrogens (primary N) is 1. The molecular weight excluding hydrogens is 216 g/mol. The van der Waals surface area contributed by atoms with Gasteiger partial charge in [-0.2, -0.15) is 5.10 Å². The molecule has 96 valence electrons. The highest BCUT2D eigenvalue weighted by Crippen LogP contribution is 2.12. The lowest BCUT2D eigenvalue weighted by Crippen LogP contribution is -2.43. The molecule has 5 heteroatoms. The summed E-state index contributed by atoms with van der Waals surface area (Å²) in [6.45, 7) is 5.26. The molecule has 5 nitrogen and oxygen atoms in total. The Morgan fingerprint density at radius 1 is 1.53 bits per heavy atom. The zero-order valence-corrected chi connectivity index (χ0v) is 10.9. The Bertz CT molecular complexity index is 357. The van der Waals surface area contributed by atoms with Crippen molar-refractivity contribution >= 4 is 5.91 Å². The van der Waals surface area contributed by atoms with Gasteiger partial charge in [0.1, 0.15) is 5.69 Å². The summed E-state index contributed by atoms with van der Waals surface area (Å²) in [6.07, 6.45) is 3.53. The van der Waals surface area contributed by atoms with Crippen LogP contribution in [0.25, 0.3) is 0 Å². The minimum Gasteiger partial charge on any atom is -0.333 e. The van der Waals surface area contributed by atoms with Crippen molar-refractivity contribution in [3.8, 4) is 0 Å². The predicted molar refractivity (Wildman–Crippen MR) is 67.7 cm³/mol. The van der Waals surface area contributed by atoms with Gasteiger partial charge >= 0.3 is 0 Å². The fourth-order valence-electron chi connectivity index (χ4n) is 2.05. The molecule has 0 saturated heterocycles. The van der Waals surface area contributed by atoms with E-state index in [2.05, 4.69) is 18.9 Å². The monoisotopic (exact) mass is 238 g/mol. The number of carbonyl (C=O) groups is 1. The summed E-state index contributed by atoms with van der Waals surface area (Å²) < 4.78 is 1.61. The summed E-state index contributed by atoms with van der Waals surface area (Å²) in [5, 5.41) is 4.03. The Balaban J connectivity index is 2.91. The number of amides is 1. The average Bonchev–Trinajstić information content (AvgIpc) is 2.75. The van der Waals surface area contributed by atoms with E-state index in [1.165, 1.54) is 0 Å². The third-order valence-corrected chi connectivity index (χ3v) is 3.05. The normalized spacial score (nSPS) is 10.9. The molecule has 0 spiro atoms. The van der Waals surface area contributed by atoms with Gasteiger partial charge in [0, 0.05) is 32.4 Å². The Hall–Kier alpha value is -1.36. The SMILES string of the molecule is CCC(CC)N(CCN)C(=O)c1ccnn1C. The lowest BCUT2D eigenvalue weighted by atomic mass is 10.1. The van der Waals surface area contributed by atoms with Crippen LogP contribution in [-0.4, -0.2) is 39.7 Å². The van der Waals surface area contributed by atoms with Crippen LogP contribution in [0, 0.1) is 0 Å². The van der Waals surface area contributed by atoms with Crippen molar-refractivity contribution in [2.24, 2.45) is 12.8 Å². The number of nitrogens with zero attached hydrogens (tertiary/aromatic N) is 3. The van der Waals surface area contributed by atoms with Crippen LogP contribution in [0.15, 0.2) is 12.3 Å². The number of aryl methyl sites for hydroxylation is 1. The minimum absolute atomic E-state index is 0.0177. The third-order valence-electron chi connectivity index (χ3n) is 3.05. The van der Waals surface area contributed by atoms with Gasteiger partial charge < -0.3 is 10.6 Å². The highest BCUT2D eigenvalue weighted by molar-refractivity contribution is 5.92. The molecule has 1 aromatic rings. The second-order valence-electron chi connectivity index (χ2n) is 4.10. The highest BCUT2D eigenvalue weighted by Gasteiger charge is 2.23. The molecule has 0 fully saturated rings. The van der Waals surface area contributed by atoms with Gasteiger partial charge in [0.15, 0.2) is 0 Å². The smallest absolute Gasteiger partial charge is 0.272 e. The van der Waals surface area contributed by atoms with E-state index in [0.29, 0.717) is 18.8 Å². The summed E-state index contributed by atoms with van der Waals surface area (Å²) in [5.41, 5.74) is 6.21. The topological polar surface area (TPSA) is 64.2 Å². The van der Waals surface area contributed by atoms with Gasteiger partial charge in [0.05, 0.1) is 0 Å². The summed E-state index contributed by atoms with van der Waals surface area (Å²) >= 11 is 0. The number of rotatable bonds is 6. The first-order valence-electron chi connectivity index (χ1n) is 6.14. The zero-order valence-electron chi connectivity index (χ0n) is 10.9. The van der Waals surface area contributed by atoms with Crippen molar-refractivity contribution in [2.75, 3.05) is 13.1 Å². The van der Waals surface area contributed by atoms with Gasteiger partial charge in [-0.3, -0.25) is 9.48 Å². The number of aromatic nitrogens is 2. The Morgan fingerprint density at radius 3 is 2.59 bits per heavy atom. The van der Waals surface area contributed by atoms with E-state index in [1.54, 1.807) is 24.0 Å². The maximum absolute atomic E-state index is 12.4. The van der Waals surface area contributed by atoms with E-state index in [4.69, 9.17) is 5.73 Å². The van der Waals surface area contributed by atoms with Gasteiger partial charge in [-0.25, -0.2) is 0 Å². The first-order chi connectivity index (χ1) is 8.15. The predicted octanol–water partition coefficient (Wildman–Crippen LogP) is 1.01. The molecule has 1 aromatic heterocycles. The molecule has 1 heterocycles. The van der Waals surface area contributed by atoms with Crippen molar-refractivity contribution < 1.29 is 4.79 Å². The van der Waals surface area contributed by atoms with Crippen LogP contribution < -0.4 is 5.73 Å². The summed E-state index contributed by atoms with van der Waals surface area (Å²) in [7, 11) is 1.78. The molecule has 0 aliphatic heterocycles. The molecule has 0 aromatic carbocycles. The van der Waals surface area contributed by atoms with Crippen LogP contribution in [0.5, 0.6) is 0 Å². The zero-order chi connectivity index (χ0) is 12.8. The van der Waals surface area contributed by atoms with Crippen LogP contribution >= 0.6 is 0 Å². The molecule has 0 aliphatic rings. The van der Waals surface area contributed by atoms with Crippen molar-refractivity contribution in [1.82, 2.24) is 14.7 Å². The molecule has 2 N–H and O–H groups in total. The molecule has 0 aliphatic carbocycles. The van der Waals surface area contributed by atoms with Crippen molar-refractivity contribution in [2.45, 2.75) is 32.7 Å². The number of hydrogen-bond acceptors (Lipinski definition) is 3.